The predicted molar refractivity (Wildman–Crippen MR) is 102 cm³/mol. The summed E-state index contributed by atoms with van der Waals surface area (Å²) in [4.78, 5) is 25.5. The van der Waals surface area contributed by atoms with Crippen molar-refractivity contribution in [1.29, 1.82) is 0 Å². The summed E-state index contributed by atoms with van der Waals surface area (Å²) in [7, 11) is -3.12. The van der Waals surface area contributed by atoms with E-state index in [1.807, 2.05) is 0 Å². The van der Waals surface area contributed by atoms with Crippen LogP contribution in [0.15, 0.2) is 12.1 Å². The molecule has 1 heterocycles. The van der Waals surface area contributed by atoms with Gasteiger partial charge in [0.05, 0.1) is 26.6 Å². The maximum absolute atomic E-state index is 12.2. The van der Waals surface area contributed by atoms with Gasteiger partial charge in [0.1, 0.15) is 5.75 Å². The number of ether oxygens (including phenoxy) is 2. The van der Waals surface area contributed by atoms with Crippen LogP contribution in [0.1, 0.15) is 13.3 Å². The van der Waals surface area contributed by atoms with Crippen molar-refractivity contribution in [3.05, 3.63) is 27.2 Å². The molecule has 1 amide bonds. The number of carbonyl (C=O) groups excluding carboxylic acids is 2. The molecule has 11 heteroatoms. The highest BCUT2D eigenvalue weighted by atomic mass is 35.5. The third-order valence-corrected chi connectivity index (χ3v) is 6.76. The number of amides is 1. The summed E-state index contributed by atoms with van der Waals surface area (Å²) < 4.78 is 33.3. The van der Waals surface area contributed by atoms with E-state index in [0.29, 0.717) is 13.0 Å². The molecular formula is C16H18Cl3NO6S. The van der Waals surface area contributed by atoms with Crippen molar-refractivity contribution >= 4 is 56.5 Å². The molecule has 2 rings (SSSR count). The third-order valence-electron chi connectivity index (χ3n) is 3.99. The first-order valence-electron chi connectivity index (χ1n) is 8.05. The van der Waals surface area contributed by atoms with Crippen molar-refractivity contribution in [2.45, 2.75) is 19.4 Å². The highest BCUT2D eigenvalue weighted by molar-refractivity contribution is 7.91. The Balaban J connectivity index is 1.84. The van der Waals surface area contributed by atoms with Crippen molar-refractivity contribution in [2.75, 3.05) is 31.3 Å². The van der Waals surface area contributed by atoms with Crippen LogP contribution in [0.2, 0.25) is 15.1 Å². The monoisotopic (exact) mass is 457 g/mol. The predicted octanol–water partition coefficient (Wildman–Crippen LogP) is 2.60. The third kappa shape index (κ3) is 6.14. The van der Waals surface area contributed by atoms with Gasteiger partial charge in [0.2, 0.25) is 0 Å². The Morgan fingerprint density at radius 1 is 1.15 bits per heavy atom. The number of halogens is 3. The van der Waals surface area contributed by atoms with Crippen molar-refractivity contribution in [3.8, 4) is 5.75 Å². The molecule has 1 aliphatic rings. The van der Waals surface area contributed by atoms with Gasteiger partial charge in [-0.1, -0.05) is 34.8 Å². The molecule has 1 aromatic rings. The molecule has 1 aliphatic heterocycles. The molecule has 0 saturated carbocycles. The van der Waals surface area contributed by atoms with E-state index in [1.165, 1.54) is 17.0 Å². The Morgan fingerprint density at radius 3 is 2.41 bits per heavy atom. The molecule has 7 nitrogen and oxygen atoms in total. The van der Waals surface area contributed by atoms with Crippen LogP contribution < -0.4 is 4.74 Å². The topological polar surface area (TPSA) is 90.0 Å². The number of esters is 1. The lowest BCUT2D eigenvalue weighted by molar-refractivity contribution is -0.154. The number of benzene rings is 1. The van der Waals surface area contributed by atoms with E-state index in [9.17, 15) is 18.0 Å². The van der Waals surface area contributed by atoms with Crippen LogP contribution >= 0.6 is 34.8 Å². The molecule has 27 heavy (non-hydrogen) atoms. The van der Waals surface area contributed by atoms with Gasteiger partial charge in [-0.3, -0.25) is 4.79 Å². The Bertz CT molecular complexity index is 830. The smallest absolute Gasteiger partial charge is 0.344 e. The number of hydrogen-bond donors (Lipinski definition) is 0. The molecule has 0 N–H and O–H groups in total. The summed E-state index contributed by atoms with van der Waals surface area (Å²) in [6.07, 6.45) is 0.384. The summed E-state index contributed by atoms with van der Waals surface area (Å²) in [5.74, 6) is -1.10. The zero-order chi connectivity index (χ0) is 20.2. The molecule has 150 valence electrons. The fourth-order valence-corrected chi connectivity index (χ4v) is 5.00. The molecular weight excluding hydrogens is 441 g/mol. The van der Waals surface area contributed by atoms with E-state index >= 15 is 0 Å². The Labute approximate surface area is 172 Å². The SMILES string of the molecule is CCN(C(=O)COC(=O)COc1cc(Cl)c(Cl)cc1Cl)C1CCS(=O)(=O)C1. The molecule has 1 saturated heterocycles. The lowest BCUT2D eigenvalue weighted by atomic mass is 10.2. The van der Waals surface area contributed by atoms with Gasteiger partial charge in [0, 0.05) is 18.7 Å². The summed E-state index contributed by atoms with van der Waals surface area (Å²) in [5, 5.41) is 0.633. The van der Waals surface area contributed by atoms with E-state index < -0.39 is 41.0 Å². The van der Waals surface area contributed by atoms with E-state index in [1.54, 1.807) is 6.92 Å². The van der Waals surface area contributed by atoms with Crippen LogP contribution in [0.25, 0.3) is 0 Å². The van der Waals surface area contributed by atoms with E-state index in [4.69, 9.17) is 44.3 Å². The second kappa shape index (κ2) is 9.32. The van der Waals surface area contributed by atoms with Crippen LogP contribution in [0, 0.1) is 0 Å². The second-order valence-corrected chi connectivity index (χ2v) is 9.33. The Kier molecular flexibility index (Phi) is 7.62. The minimum atomic E-state index is -3.12. The molecule has 0 aliphatic carbocycles. The van der Waals surface area contributed by atoms with Crippen molar-refractivity contribution in [1.82, 2.24) is 4.90 Å². The van der Waals surface area contributed by atoms with E-state index in [-0.39, 0.29) is 32.3 Å². The van der Waals surface area contributed by atoms with Gasteiger partial charge < -0.3 is 14.4 Å². The maximum Gasteiger partial charge on any atom is 0.344 e. The Hall–Kier alpha value is -1.22. The van der Waals surface area contributed by atoms with E-state index in [0.717, 1.165) is 0 Å². The van der Waals surface area contributed by atoms with Crippen LogP contribution in [0.3, 0.4) is 0 Å². The second-order valence-electron chi connectivity index (χ2n) is 5.88. The average molecular weight is 459 g/mol. The highest BCUT2D eigenvalue weighted by Crippen LogP contribution is 2.33. The van der Waals surface area contributed by atoms with Gasteiger partial charge in [-0.05, 0) is 19.4 Å². The van der Waals surface area contributed by atoms with Gasteiger partial charge in [-0.25, -0.2) is 13.2 Å². The quantitative estimate of drug-likeness (QED) is 0.461. The van der Waals surface area contributed by atoms with Gasteiger partial charge in [-0.2, -0.15) is 0 Å². The fourth-order valence-electron chi connectivity index (χ4n) is 2.68. The standard InChI is InChI=1S/C16H18Cl3NO6S/c1-2-20(10-3-4-27(23,24)9-10)15(21)7-26-16(22)8-25-14-6-12(18)11(17)5-13(14)19/h5-6,10H,2-4,7-9H2,1H3. The lowest BCUT2D eigenvalue weighted by Crippen LogP contribution is -2.43. The fraction of sp³-hybridized carbons (Fsp3) is 0.500. The number of hydrogen-bond acceptors (Lipinski definition) is 6. The summed E-state index contributed by atoms with van der Waals surface area (Å²) >= 11 is 17.6. The molecule has 0 aromatic heterocycles. The van der Waals surface area contributed by atoms with Crippen LogP contribution in [-0.2, 0) is 24.2 Å². The minimum Gasteiger partial charge on any atom is -0.480 e. The number of sulfone groups is 1. The summed E-state index contributed by atoms with van der Waals surface area (Å²) in [5.41, 5.74) is 0. The summed E-state index contributed by atoms with van der Waals surface area (Å²) in [6.45, 7) is 1.09. The maximum atomic E-state index is 12.2. The first-order chi connectivity index (χ1) is 12.6. The van der Waals surface area contributed by atoms with Crippen LogP contribution in [0.4, 0.5) is 0 Å². The van der Waals surface area contributed by atoms with Crippen LogP contribution in [-0.4, -0.2) is 62.5 Å². The molecule has 0 bridgehead atoms. The zero-order valence-corrected chi connectivity index (χ0v) is 17.5. The van der Waals surface area contributed by atoms with Gasteiger partial charge in [0.25, 0.3) is 5.91 Å². The van der Waals surface area contributed by atoms with Crippen molar-refractivity contribution < 1.29 is 27.5 Å². The lowest BCUT2D eigenvalue weighted by Gasteiger charge is -2.26. The molecule has 1 aromatic carbocycles. The molecule has 0 spiro atoms. The summed E-state index contributed by atoms with van der Waals surface area (Å²) in [6, 6.07) is 2.35. The molecule has 1 unspecified atom stereocenters. The molecule has 0 radical (unpaired) electrons. The molecule has 1 fully saturated rings. The molecule has 1 atom stereocenters. The highest BCUT2D eigenvalue weighted by Gasteiger charge is 2.34. The first kappa shape index (κ1) is 22.1. The largest absolute Gasteiger partial charge is 0.480 e. The van der Waals surface area contributed by atoms with Gasteiger partial charge in [-0.15, -0.1) is 0 Å². The van der Waals surface area contributed by atoms with Crippen molar-refractivity contribution in [2.24, 2.45) is 0 Å². The minimum absolute atomic E-state index is 0.0550. The van der Waals surface area contributed by atoms with Crippen molar-refractivity contribution in [3.63, 3.8) is 0 Å². The Morgan fingerprint density at radius 2 is 1.81 bits per heavy atom. The average Bonchev–Trinajstić information content (AvgIpc) is 2.95. The first-order valence-corrected chi connectivity index (χ1v) is 11.0. The number of carbonyl (C=O) groups is 2. The normalized spacial score (nSPS) is 18.1. The van der Waals surface area contributed by atoms with Crippen LogP contribution in [0.5, 0.6) is 5.75 Å². The van der Waals surface area contributed by atoms with Gasteiger partial charge in [0.15, 0.2) is 23.1 Å². The number of nitrogens with zero attached hydrogens (tertiary/aromatic N) is 1. The van der Waals surface area contributed by atoms with Gasteiger partial charge >= 0.3 is 5.97 Å². The zero-order valence-electron chi connectivity index (χ0n) is 14.4. The number of rotatable bonds is 7. The van der Waals surface area contributed by atoms with E-state index in [2.05, 4.69) is 0 Å². The number of likely N-dealkylation sites (N-methyl/N-ethyl adjacent to an activating group) is 1.